The van der Waals surface area contributed by atoms with Crippen molar-refractivity contribution in [2.24, 2.45) is 16.7 Å². The van der Waals surface area contributed by atoms with E-state index in [1.54, 1.807) is 32.9 Å². The predicted octanol–water partition coefficient (Wildman–Crippen LogP) is 5.55. The molecule has 0 heterocycles. The van der Waals surface area contributed by atoms with Crippen LogP contribution in [0.15, 0.2) is 60.7 Å². The molecular formula is C72H64F16I8O31-10. The first-order chi connectivity index (χ1) is 56.3. The van der Waals surface area contributed by atoms with Crippen LogP contribution in [0.2, 0.25) is 0 Å². The molecule has 4 unspecified atom stereocenters. The Morgan fingerprint density at radius 3 is 1.02 bits per heavy atom. The number of carbonyl (C=O) groups excluding carboxylic acids is 11. The summed E-state index contributed by atoms with van der Waals surface area (Å²) in [6.45, 7) is 17.2. The first kappa shape index (κ1) is 129. The minimum atomic E-state index is -5.23. The van der Waals surface area contributed by atoms with Gasteiger partial charge in [-0.1, -0.05) is 43.5 Å². The molecule has 0 aromatic heterocycles. The van der Waals surface area contributed by atoms with Crippen LogP contribution in [0.3, 0.4) is 0 Å². The number of halogens is 24. The number of carboxylic acid groups (broad SMARTS) is 10. The number of carboxylic acids is 10. The molecule has 0 saturated heterocycles. The van der Waals surface area contributed by atoms with Gasteiger partial charge in [-0.2, -0.15) is 48.3 Å². The monoisotopic (exact) mass is 2740 g/mol. The smallest absolute Gasteiger partial charge is 0.433 e. The minimum absolute atomic E-state index is 0.113. The van der Waals surface area contributed by atoms with Crippen LogP contribution in [0.4, 0.5) is 70.2 Å². The standard InChI is InChI=1S/C13H11F2I3O4.C9H13F3O4.C9H16O4.C7HF5O2.C7H3I3O2.C7H4I2O3.C7H6O3.C5H7F3O3.C4H5F3O3.C4H8O3/c1-5(2)10(13(14,15)12(20)21)22-11(19)7-3-6(16)4-8(17)9(7)18;1-7(2,3)6(15)16-8(4,5(13)14)9(10,11)12;1-8(2,3)7(12)13-9(4,5)6(10)11;8-2-1(7(13)14)3(9)5(11)6(12)4(2)10;2*8-3-1-4(7(11)12)6(10)5(9)2-3;8-6-4-2-1-3-5(6)7(9)10;1-4(11,2-3(9)10)5(6,7)8;1-3(10,2(8)9)4(5,6)7;1-4(2,7)3(5)6/h3-5,10H,1-2H3,(H,20,21);1-4H3,(H,13,14);1-5H3,(H,10,11);(H,13,14);1-2H,(H,11,12);1-2,10H,(H,11,12);1-4,8H,(H,9,10);11H,2H2,1H3,(H,9,10);10H,1H3,(H,8,9);7H,1-2H3,(H,5,6)/p-10. The molecule has 716 valence electrons. The maximum atomic E-state index is 13.7. The molecular weight excluding hydrogens is 2680 g/mol. The lowest BCUT2D eigenvalue weighted by atomic mass is 9.96. The molecule has 0 amide bonds. The van der Waals surface area contributed by atoms with E-state index in [0.29, 0.717) is 14.1 Å². The fourth-order valence-corrected chi connectivity index (χ4v) is 12.6. The van der Waals surface area contributed by atoms with Crippen molar-refractivity contribution in [2.75, 3.05) is 0 Å². The number of ether oxygens (including phenoxy) is 3. The fraction of sp³-hybridized carbons (Fsp3) is 0.403. The van der Waals surface area contributed by atoms with Gasteiger partial charge >= 0.3 is 54.3 Å². The number of hydrogen-bond acceptors (Lipinski definition) is 29. The number of rotatable bonds is 17. The molecule has 5 N–H and O–H groups in total. The van der Waals surface area contributed by atoms with Gasteiger partial charge in [0.2, 0.25) is 11.4 Å². The third kappa shape index (κ3) is 43.6. The van der Waals surface area contributed by atoms with Crippen molar-refractivity contribution >= 4 is 258 Å². The van der Waals surface area contributed by atoms with Crippen molar-refractivity contribution in [3.05, 3.63) is 146 Å². The highest BCUT2D eigenvalue weighted by atomic mass is 127. The molecule has 4 atom stereocenters. The number of carbonyl (C=O) groups is 13. The summed E-state index contributed by atoms with van der Waals surface area (Å²) in [5, 5.41) is 145. The van der Waals surface area contributed by atoms with Gasteiger partial charge in [0.1, 0.15) is 11.6 Å². The molecule has 0 spiro atoms. The van der Waals surface area contributed by atoms with E-state index in [2.05, 4.69) is 49.9 Å². The summed E-state index contributed by atoms with van der Waals surface area (Å²) in [7, 11) is 0. The molecule has 0 radical (unpaired) electrons. The van der Waals surface area contributed by atoms with Gasteiger partial charge in [0, 0.05) is 46.5 Å². The number of benzene rings is 5. The van der Waals surface area contributed by atoms with E-state index in [9.17, 15) is 184 Å². The van der Waals surface area contributed by atoms with Gasteiger partial charge in [-0.05, 0) is 319 Å². The number of hydrogen-bond donors (Lipinski definition) is 5. The lowest BCUT2D eigenvalue weighted by molar-refractivity contribution is -0.353. The molecule has 0 fully saturated rings. The van der Waals surface area contributed by atoms with Crippen molar-refractivity contribution in [1.82, 2.24) is 0 Å². The molecule has 55 heteroatoms. The lowest BCUT2D eigenvalue weighted by Crippen LogP contribution is -2.59. The molecule has 127 heavy (non-hydrogen) atoms. The van der Waals surface area contributed by atoms with Crippen LogP contribution in [0.1, 0.15) is 162 Å². The topological polar surface area (TPSA) is 581 Å². The second kappa shape index (κ2) is 52.6. The minimum Gasteiger partial charge on any atom is -0.872 e. The molecule has 0 saturated carbocycles. The summed E-state index contributed by atoms with van der Waals surface area (Å²) in [4.78, 5) is 136. The number of para-hydroxylation sites is 1. The molecule has 0 aliphatic rings. The SMILES string of the molecule is CC(C)(C)C(=O)OC(C)(C(=O)[O-])C(F)(F)F.CC(C)(C)C(=O)OC(C)(C)C(=O)[O-].CC(C)(O)C(=O)[O-].CC(C)C(OC(=O)c1cc(I)cc(I)c1I)C(F)(F)C(=O)[O-].CC(O)(C(=O)[O-])C(F)(F)F.CC(O)(CC(=O)[O-])C(F)(F)F.O=C(O)c1cc(I)cc(I)c1[O-].O=C(O)c1ccccc1[O-].O=C([O-])c1c(F)c(F)c(F)c(F)c1F.O=C([O-])c1cc(I)cc(I)c1I. The Hall–Kier alpha value is -6.59. The zero-order valence-corrected chi connectivity index (χ0v) is 83.8. The second-order valence-electron chi connectivity index (χ2n) is 27.8. The number of aliphatic hydroxyl groups is 3. The molecule has 31 nitrogen and oxygen atoms in total. The van der Waals surface area contributed by atoms with Gasteiger partial charge in [-0.3, -0.25) is 9.59 Å². The Labute approximate surface area is 816 Å². The van der Waals surface area contributed by atoms with Crippen molar-refractivity contribution in [3.8, 4) is 11.5 Å². The summed E-state index contributed by atoms with van der Waals surface area (Å²) in [5.74, 6) is -39.0. The Kier molecular flexibility index (Phi) is 53.4. The van der Waals surface area contributed by atoms with E-state index < -0.39 is 205 Å². The van der Waals surface area contributed by atoms with Crippen molar-refractivity contribution in [3.63, 3.8) is 0 Å². The molecule has 5 rings (SSSR count). The number of esters is 3. The zero-order chi connectivity index (χ0) is 103. The summed E-state index contributed by atoms with van der Waals surface area (Å²) in [5.41, 5.74) is -17.7. The Morgan fingerprint density at radius 1 is 0.417 bits per heavy atom. The Bertz CT molecular complexity index is 4680. The summed E-state index contributed by atoms with van der Waals surface area (Å²) >= 11 is 15.9. The van der Waals surface area contributed by atoms with E-state index in [1.807, 2.05) is 148 Å². The summed E-state index contributed by atoms with van der Waals surface area (Å²) in [6, 6.07) is 15.4. The molecule has 0 aliphatic carbocycles. The second-order valence-corrected chi connectivity index (χ2v) is 37.2. The number of aliphatic carboxylic acids is 6. The summed E-state index contributed by atoms with van der Waals surface area (Å²) < 4.78 is 215. The van der Waals surface area contributed by atoms with Crippen molar-refractivity contribution in [1.29, 1.82) is 0 Å². The first-order valence-corrected chi connectivity index (χ1v) is 41.3. The Morgan fingerprint density at radius 2 is 0.764 bits per heavy atom. The highest BCUT2D eigenvalue weighted by Crippen LogP contribution is 2.37. The lowest BCUT2D eigenvalue weighted by Gasteiger charge is -2.34. The van der Waals surface area contributed by atoms with Crippen LogP contribution in [-0.4, -0.2) is 162 Å². The van der Waals surface area contributed by atoms with E-state index in [4.69, 9.17) is 35.0 Å². The zero-order valence-electron chi connectivity index (χ0n) is 66.6. The van der Waals surface area contributed by atoms with Gasteiger partial charge in [0.15, 0.2) is 40.6 Å². The largest absolute Gasteiger partial charge is 0.872 e. The van der Waals surface area contributed by atoms with Crippen LogP contribution >= 0.6 is 181 Å². The molecule has 0 bridgehead atoms. The van der Waals surface area contributed by atoms with Gasteiger partial charge in [0.05, 0.1) is 74.5 Å². The van der Waals surface area contributed by atoms with Crippen LogP contribution in [0.5, 0.6) is 11.5 Å². The maximum Gasteiger partial charge on any atom is 0.433 e. The van der Waals surface area contributed by atoms with Gasteiger partial charge in [-0.15, -0.1) is 0 Å². The fourth-order valence-electron chi connectivity index (χ4n) is 5.96. The third-order valence-corrected chi connectivity index (χ3v) is 22.3. The number of alkyl halides is 11. The average Bonchev–Trinajstić information content (AvgIpc) is 0.794. The average molecular weight is 2740 g/mol. The van der Waals surface area contributed by atoms with Crippen molar-refractivity contribution < 1.29 is 223 Å². The highest BCUT2D eigenvalue weighted by molar-refractivity contribution is 14.1. The van der Waals surface area contributed by atoms with Gasteiger partial charge in [-0.25, -0.2) is 36.3 Å². The van der Waals surface area contributed by atoms with E-state index in [1.165, 1.54) is 84.9 Å². The van der Waals surface area contributed by atoms with Crippen molar-refractivity contribution in [2.45, 2.75) is 169 Å². The predicted molar refractivity (Wildman–Crippen MR) is 448 cm³/mol. The first-order valence-electron chi connectivity index (χ1n) is 32.6. The van der Waals surface area contributed by atoms with Gasteiger partial charge < -0.3 is 129 Å². The quantitative estimate of drug-likeness (QED) is 0.0190. The van der Waals surface area contributed by atoms with E-state index in [0.717, 1.165) is 35.3 Å². The molecule has 5 aromatic carbocycles. The maximum absolute atomic E-state index is 13.7. The number of aromatic carboxylic acids is 4. The van der Waals surface area contributed by atoms with Gasteiger partial charge in [0.25, 0.3) is 0 Å². The van der Waals surface area contributed by atoms with Crippen LogP contribution in [0.25, 0.3) is 0 Å². The molecule has 0 aliphatic heterocycles. The van der Waals surface area contributed by atoms with E-state index in [-0.39, 0.29) is 36.1 Å². The van der Waals surface area contributed by atoms with Crippen LogP contribution in [-0.2, 0) is 52.6 Å². The summed E-state index contributed by atoms with van der Waals surface area (Å²) in [6.07, 6.45) is -18.9. The van der Waals surface area contributed by atoms with Crippen LogP contribution < -0.4 is 51.1 Å². The van der Waals surface area contributed by atoms with E-state index >= 15 is 0 Å². The highest BCUT2D eigenvalue weighted by Gasteiger charge is 2.57. The van der Waals surface area contributed by atoms with Crippen LogP contribution in [0, 0.1) is 74.4 Å². The normalized spacial score (nSPS) is 12.9. The Balaban J connectivity index is -0.000000440. The molecule has 5 aromatic rings. The third-order valence-electron chi connectivity index (χ3n) is 13.5.